The highest BCUT2D eigenvalue weighted by Crippen LogP contribution is 2.25. The van der Waals surface area contributed by atoms with E-state index in [0.717, 1.165) is 28.0 Å². The molecule has 1 atom stereocenters. The Morgan fingerprint density at radius 1 is 1.00 bits per heavy atom. The second kappa shape index (κ2) is 8.10. The number of hydrogen-bond donors (Lipinski definition) is 1. The zero-order valence-corrected chi connectivity index (χ0v) is 16.3. The number of nitrogens with one attached hydrogen (secondary N) is 1. The van der Waals surface area contributed by atoms with Gasteiger partial charge >= 0.3 is 0 Å². The Kier molecular flexibility index (Phi) is 5.20. The van der Waals surface area contributed by atoms with Crippen LogP contribution < -0.4 is 10.1 Å². The van der Waals surface area contributed by atoms with Crippen molar-refractivity contribution in [2.75, 3.05) is 7.11 Å². The van der Waals surface area contributed by atoms with Gasteiger partial charge in [-0.05, 0) is 42.8 Å². The number of benzene rings is 2. The van der Waals surface area contributed by atoms with Crippen LogP contribution in [0.15, 0.2) is 79.0 Å². The molecular weight excluding hydrogens is 362 g/mol. The van der Waals surface area contributed by atoms with Crippen LogP contribution in [-0.4, -0.2) is 23.0 Å². The van der Waals surface area contributed by atoms with E-state index in [0.29, 0.717) is 11.2 Å². The summed E-state index contributed by atoms with van der Waals surface area (Å²) in [5.41, 5.74) is 3.77. The fraction of sp³-hybridized carbons (Fsp3) is 0.125. The predicted octanol–water partition coefficient (Wildman–Crippen LogP) is 4.80. The van der Waals surface area contributed by atoms with E-state index < -0.39 is 0 Å². The summed E-state index contributed by atoms with van der Waals surface area (Å²) in [6, 6.07) is 22.8. The molecule has 0 saturated carbocycles. The van der Waals surface area contributed by atoms with Gasteiger partial charge in [0.25, 0.3) is 5.91 Å². The van der Waals surface area contributed by atoms with Gasteiger partial charge in [0.15, 0.2) is 5.65 Å². The van der Waals surface area contributed by atoms with Crippen molar-refractivity contribution in [1.82, 2.24) is 15.3 Å². The molecule has 2 heterocycles. The number of methoxy groups -OCH3 is 1. The van der Waals surface area contributed by atoms with Gasteiger partial charge < -0.3 is 10.1 Å². The number of rotatable bonds is 5. The Hall–Kier alpha value is -3.73. The van der Waals surface area contributed by atoms with Gasteiger partial charge in [0, 0.05) is 17.1 Å². The number of aromatic nitrogens is 2. The third kappa shape index (κ3) is 3.94. The molecule has 0 aliphatic heterocycles. The van der Waals surface area contributed by atoms with Crippen LogP contribution in [-0.2, 0) is 0 Å². The van der Waals surface area contributed by atoms with E-state index in [9.17, 15) is 4.79 Å². The van der Waals surface area contributed by atoms with Gasteiger partial charge in [-0.2, -0.15) is 0 Å². The minimum Gasteiger partial charge on any atom is -0.497 e. The first-order chi connectivity index (χ1) is 14.2. The first-order valence-electron chi connectivity index (χ1n) is 9.41. The highest BCUT2D eigenvalue weighted by atomic mass is 16.5. The topological polar surface area (TPSA) is 64.1 Å². The quantitative estimate of drug-likeness (QED) is 0.538. The van der Waals surface area contributed by atoms with E-state index >= 15 is 0 Å². The van der Waals surface area contributed by atoms with Crippen LogP contribution in [0.1, 0.15) is 28.9 Å². The zero-order valence-electron chi connectivity index (χ0n) is 16.3. The summed E-state index contributed by atoms with van der Waals surface area (Å²) in [5.74, 6) is 0.622. The first-order valence-corrected chi connectivity index (χ1v) is 9.41. The van der Waals surface area contributed by atoms with Crippen LogP contribution in [0.25, 0.3) is 22.3 Å². The van der Waals surface area contributed by atoms with Crippen molar-refractivity contribution in [2.45, 2.75) is 13.0 Å². The second-order valence-electron chi connectivity index (χ2n) is 6.76. The Labute approximate surface area is 169 Å². The van der Waals surface area contributed by atoms with Crippen LogP contribution in [0, 0.1) is 0 Å². The number of nitrogens with zero attached hydrogens (tertiary/aromatic N) is 2. The van der Waals surface area contributed by atoms with Crippen molar-refractivity contribution in [3.63, 3.8) is 0 Å². The van der Waals surface area contributed by atoms with E-state index in [2.05, 4.69) is 15.3 Å². The predicted molar refractivity (Wildman–Crippen MR) is 114 cm³/mol. The Morgan fingerprint density at radius 3 is 2.48 bits per heavy atom. The highest BCUT2D eigenvalue weighted by molar-refractivity contribution is 6.06. The fourth-order valence-electron chi connectivity index (χ4n) is 3.25. The molecule has 4 aromatic rings. The smallest absolute Gasteiger partial charge is 0.252 e. The van der Waals surface area contributed by atoms with Crippen molar-refractivity contribution in [3.8, 4) is 17.0 Å². The third-order valence-corrected chi connectivity index (χ3v) is 4.86. The number of fused-ring (bicyclic) bond motifs is 1. The minimum absolute atomic E-state index is 0.159. The molecule has 0 spiro atoms. The largest absolute Gasteiger partial charge is 0.497 e. The molecular formula is C24H21N3O2. The third-order valence-electron chi connectivity index (χ3n) is 4.86. The fourth-order valence-corrected chi connectivity index (χ4v) is 3.25. The minimum atomic E-state index is -0.161. The van der Waals surface area contributed by atoms with Gasteiger partial charge in [0.2, 0.25) is 0 Å². The average molecular weight is 383 g/mol. The van der Waals surface area contributed by atoms with Crippen LogP contribution in [0.3, 0.4) is 0 Å². The van der Waals surface area contributed by atoms with E-state index in [1.807, 2.05) is 79.7 Å². The Morgan fingerprint density at radius 2 is 1.76 bits per heavy atom. The van der Waals surface area contributed by atoms with E-state index in [1.54, 1.807) is 13.3 Å². The molecule has 0 aliphatic carbocycles. The van der Waals surface area contributed by atoms with Crippen LogP contribution in [0.5, 0.6) is 5.75 Å². The van der Waals surface area contributed by atoms with Crippen molar-refractivity contribution < 1.29 is 9.53 Å². The van der Waals surface area contributed by atoms with Gasteiger partial charge in [-0.1, -0.05) is 42.5 Å². The number of ether oxygens (including phenoxy) is 1. The monoisotopic (exact) mass is 383 g/mol. The molecule has 2 aromatic carbocycles. The lowest BCUT2D eigenvalue weighted by molar-refractivity contribution is 0.0941. The molecule has 0 aliphatic rings. The van der Waals surface area contributed by atoms with E-state index in [-0.39, 0.29) is 11.9 Å². The van der Waals surface area contributed by atoms with Crippen molar-refractivity contribution in [2.24, 2.45) is 0 Å². The van der Waals surface area contributed by atoms with Crippen LogP contribution in [0.4, 0.5) is 0 Å². The summed E-state index contributed by atoms with van der Waals surface area (Å²) < 4.78 is 5.20. The van der Waals surface area contributed by atoms with Crippen LogP contribution >= 0.6 is 0 Å². The molecule has 144 valence electrons. The number of pyridine rings is 2. The Balaban J connectivity index is 1.69. The van der Waals surface area contributed by atoms with Gasteiger partial charge in [0.05, 0.1) is 24.4 Å². The van der Waals surface area contributed by atoms with E-state index in [1.165, 1.54) is 0 Å². The van der Waals surface area contributed by atoms with Crippen LogP contribution in [0.2, 0.25) is 0 Å². The molecule has 5 nitrogen and oxygen atoms in total. The normalized spacial score (nSPS) is 11.8. The van der Waals surface area contributed by atoms with Gasteiger partial charge in [-0.3, -0.25) is 4.79 Å². The highest BCUT2D eigenvalue weighted by Gasteiger charge is 2.17. The molecule has 1 N–H and O–H groups in total. The standard InChI is InChI=1S/C24H21N3O2/c1-16(17-10-12-19(29-2)13-11-17)26-24(28)21-15-22(18-7-4-3-5-8-18)27-23-20(21)9-6-14-25-23/h3-16H,1-2H3,(H,26,28). The molecule has 4 rings (SSSR count). The molecule has 1 amide bonds. The molecule has 1 unspecified atom stereocenters. The lowest BCUT2D eigenvalue weighted by atomic mass is 10.0. The summed E-state index contributed by atoms with van der Waals surface area (Å²) in [6.45, 7) is 1.96. The summed E-state index contributed by atoms with van der Waals surface area (Å²) in [5, 5.41) is 3.81. The molecule has 5 heteroatoms. The van der Waals surface area contributed by atoms with E-state index in [4.69, 9.17) is 4.74 Å². The number of carbonyl (C=O) groups is 1. The number of amides is 1. The maximum atomic E-state index is 13.2. The summed E-state index contributed by atoms with van der Waals surface area (Å²) in [4.78, 5) is 22.2. The Bertz CT molecular complexity index is 1140. The number of carbonyl (C=O) groups excluding carboxylic acids is 1. The van der Waals surface area contributed by atoms with Gasteiger partial charge in [-0.15, -0.1) is 0 Å². The SMILES string of the molecule is COc1ccc(C(C)NC(=O)c2cc(-c3ccccc3)nc3ncccc23)cc1. The molecule has 29 heavy (non-hydrogen) atoms. The molecule has 0 fully saturated rings. The number of hydrogen-bond acceptors (Lipinski definition) is 4. The lowest BCUT2D eigenvalue weighted by Gasteiger charge is -2.16. The maximum Gasteiger partial charge on any atom is 0.252 e. The van der Waals surface area contributed by atoms with Crippen molar-refractivity contribution in [3.05, 3.63) is 90.1 Å². The second-order valence-corrected chi connectivity index (χ2v) is 6.76. The van der Waals surface area contributed by atoms with Gasteiger partial charge in [0.1, 0.15) is 5.75 Å². The summed E-state index contributed by atoms with van der Waals surface area (Å²) >= 11 is 0. The van der Waals surface area contributed by atoms with Crippen molar-refractivity contribution in [1.29, 1.82) is 0 Å². The molecule has 0 bridgehead atoms. The lowest BCUT2D eigenvalue weighted by Crippen LogP contribution is -2.27. The van der Waals surface area contributed by atoms with Crippen molar-refractivity contribution >= 4 is 16.9 Å². The molecule has 0 radical (unpaired) electrons. The van der Waals surface area contributed by atoms with Gasteiger partial charge in [-0.25, -0.2) is 9.97 Å². The molecule has 0 saturated heterocycles. The first kappa shape index (κ1) is 18.6. The average Bonchev–Trinajstić information content (AvgIpc) is 2.78. The summed E-state index contributed by atoms with van der Waals surface area (Å²) in [6.07, 6.45) is 1.69. The maximum absolute atomic E-state index is 13.2. The molecule has 2 aromatic heterocycles. The zero-order chi connectivity index (χ0) is 20.2. The summed E-state index contributed by atoms with van der Waals surface area (Å²) in [7, 11) is 1.63.